The fraction of sp³-hybridized carbons (Fsp3) is 0.625. The third-order valence-corrected chi connectivity index (χ3v) is 3.04. The number of rotatable bonds is 2. The first-order chi connectivity index (χ1) is 7.11. The van der Waals surface area contributed by atoms with Gasteiger partial charge in [-0.2, -0.15) is 5.10 Å². The molecule has 0 amide bonds. The van der Waals surface area contributed by atoms with Gasteiger partial charge in [-0.25, -0.2) is 4.68 Å². The molecule has 1 saturated carbocycles. The maximum absolute atomic E-state index is 10.5. The molecule has 1 aromatic rings. The summed E-state index contributed by atoms with van der Waals surface area (Å²) in [7, 11) is 0. The standard InChI is InChI=1S/C8H10ClN3O3/c9-8-6(12(14)15)4-10-11(8)5-2-1-3-7(5)13/h4-5,7,13H,1-3H2/t5-,7-/m1/s1. The Morgan fingerprint density at radius 3 is 2.87 bits per heavy atom. The lowest BCUT2D eigenvalue weighted by molar-refractivity contribution is -0.384. The molecule has 0 saturated heterocycles. The summed E-state index contributed by atoms with van der Waals surface area (Å²) in [5, 5.41) is 24.0. The molecule has 2 rings (SSSR count). The zero-order chi connectivity index (χ0) is 11.0. The minimum absolute atomic E-state index is 0.00838. The van der Waals surface area contributed by atoms with Crippen molar-refractivity contribution in [2.24, 2.45) is 0 Å². The smallest absolute Gasteiger partial charge is 0.325 e. The number of aromatic nitrogens is 2. The number of hydrogen-bond acceptors (Lipinski definition) is 4. The first-order valence-corrected chi connectivity index (χ1v) is 5.04. The Bertz CT molecular complexity index is 392. The van der Waals surface area contributed by atoms with Gasteiger partial charge in [0.1, 0.15) is 6.20 Å². The predicted octanol–water partition coefficient (Wildman–Crippen LogP) is 1.53. The molecule has 7 heteroatoms. The van der Waals surface area contributed by atoms with Crippen molar-refractivity contribution in [2.75, 3.05) is 0 Å². The first kappa shape index (κ1) is 10.4. The molecule has 0 radical (unpaired) electrons. The Labute approximate surface area is 90.6 Å². The van der Waals surface area contributed by atoms with E-state index in [9.17, 15) is 15.2 Å². The van der Waals surface area contributed by atoms with Crippen LogP contribution in [0.25, 0.3) is 0 Å². The molecule has 1 aliphatic carbocycles. The Morgan fingerprint density at radius 2 is 2.40 bits per heavy atom. The second-order valence-corrected chi connectivity index (χ2v) is 3.95. The van der Waals surface area contributed by atoms with Crippen LogP contribution in [0.3, 0.4) is 0 Å². The van der Waals surface area contributed by atoms with E-state index in [-0.39, 0.29) is 16.9 Å². The zero-order valence-corrected chi connectivity index (χ0v) is 8.59. The maximum Gasteiger partial charge on any atom is 0.325 e. The summed E-state index contributed by atoms with van der Waals surface area (Å²) in [5.74, 6) is 0. The fourth-order valence-corrected chi connectivity index (χ4v) is 2.18. The van der Waals surface area contributed by atoms with Crippen molar-refractivity contribution < 1.29 is 10.0 Å². The van der Waals surface area contributed by atoms with E-state index in [0.29, 0.717) is 6.42 Å². The molecule has 2 atom stereocenters. The third-order valence-electron chi connectivity index (χ3n) is 2.67. The lowest BCUT2D eigenvalue weighted by atomic mass is 10.2. The van der Waals surface area contributed by atoms with Crippen molar-refractivity contribution >= 4 is 17.3 Å². The summed E-state index contributed by atoms with van der Waals surface area (Å²) in [4.78, 5) is 9.96. The van der Waals surface area contributed by atoms with Crippen LogP contribution >= 0.6 is 11.6 Å². The number of halogens is 1. The van der Waals surface area contributed by atoms with E-state index in [2.05, 4.69) is 5.10 Å². The molecule has 1 fully saturated rings. The third kappa shape index (κ3) is 1.70. The molecule has 0 aromatic carbocycles. The van der Waals surface area contributed by atoms with Gasteiger partial charge < -0.3 is 5.11 Å². The van der Waals surface area contributed by atoms with Crippen LogP contribution in [-0.2, 0) is 0 Å². The zero-order valence-electron chi connectivity index (χ0n) is 7.84. The Balaban J connectivity index is 2.33. The molecule has 1 aliphatic rings. The van der Waals surface area contributed by atoms with Gasteiger partial charge in [-0.05, 0) is 19.3 Å². The minimum Gasteiger partial charge on any atom is -0.391 e. The van der Waals surface area contributed by atoms with Crippen LogP contribution in [0.15, 0.2) is 6.20 Å². The van der Waals surface area contributed by atoms with Crippen LogP contribution in [-0.4, -0.2) is 25.9 Å². The van der Waals surface area contributed by atoms with E-state index < -0.39 is 11.0 Å². The Morgan fingerprint density at radius 1 is 1.67 bits per heavy atom. The van der Waals surface area contributed by atoms with Crippen LogP contribution < -0.4 is 0 Å². The quantitative estimate of drug-likeness (QED) is 0.618. The van der Waals surface area contributed by atoms with Crippen LogP contribution in [0.5, 0.6) is 0 Å². The van der Waals surface area contributed by atoms with Crippen molar-refractivity contribution in [1.29, 1.82) is 0 Å². The van der Waals surface area contributed by atoms with Gasteiger partial charge >= 0.3 is 5.69 Å². The summed E-state index contributed by atoms with van der Waals surface area (Å²) in [5.41, 5.74) is -0.212. The van der Waals surface area contributed by atoms with Gasteiger partial charge in [-0.3, -0.25) is 10.1 Å². The van der Waals surface area contributed by atoms with E-state index in [0.717, 1.165) is 19.0 Å². The van der Waals surface area contributed by atoms with Crippen LogP contribution in [0.1, 0.15) is 25.3 Å². The molecule has 0 spiro atoms. The highest BCUT2D eigenvalue weighted by Crippen LogP contribution is 2.34. The van der Waals surface area contributed by atoms with Crippen LogP contribution in [0.2, 0.25) is 5.15 Å². The van der Waals surface area contributed by atoms with Gasteiger partial charge in [0.15, 0.2) is 0 Å². The molecule has 0 aliphatic heterocycles. The van der Waals surface area contributed by atoms with Crippen molar-refractivity contribution in [3.8, 4) is 0 Å². The molecular weight excluding hydrogens is 222 g/mol. The molecular formula is C8H10ClN3O3. The van der Waals surface area contributed by atoms with Gasteiger partial charge in [0.2, 0.25) is 5.15 Å². The average molecular weight is 232 g/mol. The highest BCUT2D eigenvalue weighted by Gasteiger charge is 2.31. The molecule has 0 bridgehead atoms. The van der Waals surface area contributed by atoms with Gasteiger partial charge in [0.25, 0.3) is 0 Å². The van der Waals surface area contributed by atoms with Crippen molar-refractivity contribution in [3.63, 3.8) is 0 Å². The summed E-state index contributed by atoms with van der Waals surface area (Å²) in [6.07, 6.45) is 2.93. The fourth-order valence-electron chi connectivity index (χ4n) is 1.90. The minimum atomic E-state index is -0.576. The van der Waals surface area contributed by atoms with Crippen molar-refractivity contribution in [1.82, 2.24) is 9.78 Å². The highest BCUT2D eigenvalue weighted by molar-refractivity contribution is 6.31. The normalized spacial score (nSPS) is 25.7. The van der Waals surface area contributed by atoms with Crippen LogP contribution in [0, 0.1) is 10.1 Å². The number of nitro groups is 1. The number of aliphatic hydroxyl groups is 1. The monoisotopic (exact) mass is 231 g/mol. The number of nitrogens with zero attached hydrogens (tertiary/aromatic N) is 3. The average Bonchev–Trinajstić information content (AvgIpc) is 2.71. The molecule has 1 N–H and O–H groups in total. The summed E-state index contributed by atoms with van der Waals surface area (Å²) < 4.78 is 1.34. The van der Waals surface area contributed by atoms with Gasteiger partial charge in [0, 0.05) is 0 Å². The molecule has 0 unspecified atom stereocenters. The Hall–Kier alpha value is -1.14. The van der Waals surface area contributed by atoms with Crippen molar-refractivity contribution in [2.45, 2.75) is 31.4 Å². The highest BCUT2D eigenvalue weighted by atomic mass is 35.5. The maximum atomic E-state index is 10.5. The van der Waals surface area contributed by atoms with E-state index in [1.807, 2.05) is 0 Å². The predicted molar refractivity (Wildman–Crippen MR) is 52.8 cm³/mol. The lowest BCUT2D eigenvalue weighted by Gasteiger charge is -2.14. The van der Waals surface area contributed by atoms with E-state index in [4.69, 9.17) is 11.6 Å². The van der Waals surface area contributed by atoms with Crippen LogP contribution in [0.4, 0.5) is 5.69 Å². The molecule has 6 nitrogen and oxygen atoms in total. The second kappa shape index (κ2) is 3.79. The van der Waals surface area contributed by atoms with Gasteiger partial charge in [-0.15, -0.1) is 0 Å². The first-order valence-electron chi connectivity index (χ1n) is 4.66. The molecule has 82 valence electrons. The summed E-state index contributed by atoms with van der Waals surface area (Å²) in [6.45, 7) is 0. The number of aliphatic hydroxyl groups excluding tert-OH is 1. The summed E-state index contributed by atoms with van der Waals surface area (Å²) >= 11 is 5.81. The second-order valence-electron chi connectivity index (χ2n) is 3.59. The van der Waals surface area contributed by atoms with Gasteiger partial charge in [-0.1, -0.05) is 11.6 Å². The largest absolute Gasteiger partial charge is 0.391 e. The topological polar surface area (TPSA) is 81.2 Å². The van der Waals surface area contributed by atoms with Gasteiger partial charge in [0.05, 0.1) is 17.1 Å². The van der Waals surface area contributed by atoms with E-state index in [1.165, 1.54) is 4.68 Å². The van der Waals surface area contributed by atoms with E-state index >= 15 is 0 Å². The Kier molecular flexibility index (Phi) is 2.62. The number of hydrogen-bond donors (Lipinski definition) is 1. The SMILES string of the molecule is O=[N+]([O-])c1cnn([C@@H]2CCC[C@H]2O)c1Cl. The molecule has 1 aromatic heterocycles. The molecule has 1 heterocycles. The molecule has 15 heavy (non-hydrogen) atoms. The van der Waals surface area contributed by atoms with E-state index in [1.54, 1.807) is 0 Å². The lowest BCUT2D eigenvalue weighted by Crippen LogP contribution is -2.19. The van der Waals surface area contributed by atoms with Crippen molar-refractivity contribution in [3.05, 3.63) is 21.5 Å². The summed E-state index contributed by atoms with van der Waals surface area (Å²) in [6, 6.07) is -0.230.